The molecule has 0 saturated carbocycles. The van der Waals surface area contributed by atoms with Gasteiger partial charge in [-0.2, -0.15) is 0 Å². The first-order chi connectivity index (χ1) is 36.5. The Labute approximate surface area is 436 Å². The first-order valence-electron chi connectivity index (χ1n) is 25.6. The molecule has 0 unspecified atom stereocenters. The Morgan fingerprint density at radius 1 is 0.351 bits per heavy atom. The summed E-state index contributed by atoms with van der Waals surface area (Å²) in [7, 11) is 1.62. The second kappa shape index (κ2) is 27.6. The molecule has 11 nitrogen and oxygen atoms in total. The van der Waals surface area contributed by atoms with Crippen molar-refractivity contribution in [3.8, 4) is 0 Å². The van der Waals surface area contributed by atoms with Crippen LogP contribution in [-0.4, -0.2) is 81.2 Å². The van der Waals surface area contributed by atoms with Crippen LogP contribution in [0.15, 0.2) is 212 Å². The molecule has 0 radical (unpaired) electrons. The van der Waals surface area contributed by atoms with Gasteiger partial charge in [0.25, 0.3) is 0 Å². The van der Waals surface area contributed by atoms with E-state index >= 15 is 0 Å². The van der Waals surface area contributed by atoms with E-state index < -0.39 is 60.9 Å². The lowest BCUT2D eigenvalue weighted by molar-refractivity contribution is -0.413. The second-order valence-electron chi connectivity index (χ2n) is 18.8. The van der Waals surface area contributed by atoms with Crippen molar-refractivity contribution in [1.29, 1.82) is 0 Å². The Bertz CT molecular complexity index is 2620. The molecule has 10 atom stereocenters. The van der Waals surface area contributed by atoms with E-state index in [-0.39, 0.29) is 46.2 Å². The fourth-order valence-electron chi connectivity index (χ4n) is 9.51. The molecule has 0 aliphatic carbocycles. The molecule has 2 saturated heterocycles. The number of benzene rings is 7. The van der Waals surface area contributed by atoms with Crippen LogP contribution in [0, 0.1) is 0 Å². The van der Waals surface area contributed by atoms with Gasteiger partial charge in [-0.25, -0.2) is 0 Å². The summed E-state index contributed by atoms with van der Waals surface area (Å²) in [6, 6.07) is 70.4. The van der Waals surface area contributed by atoms with Gasteiger partial charge >= 0.3 is 0 Å². The molecule has 2 aliphatic heterocycles. The number of hydrogen-bond donors (Lipinski definition) is 0. The van der Waals surface area contributed by atoms with Gasteiger partial charge in [-0.1, -0.05) is 212 Å². The maximum absolute atomic E-state index is 7.70. The monoisotopic (exact) mass is 1000 g/mol. The SMILES string of the molecule is CO[C@H]1O[C@H](COCc2ccccc2)[C@@H](O[C@@]2(C)O[C@H](COCc3ccccc3)[C@@H](OCc3ccccc3)[C@H](OCc3ccccc3)[C@H]2OCc2ccccc2)[C@H](OCc2ccccc2)[C@H]1OCc1ccccc1. The second-order valence-corrected chi connectivity index (χ2v) is 18.8. The summed E-state index contributed by atoms with van der Waals surface area (Å²) in [5, 5.41) is 0. The number of methoxy groups -OCH3 is 1. The van der Waals surface area contributed by atoms with E-state index in [1.807, 2.05) is 219 Å². The smallest absolute Gasteiger partial charge is 0.195 e. The average Bonchev–Trinajstić information content (AvgIpc) is 3.45. The number of ether oxygens (including phenoxy) is 11. The molecule has 2 heterocycles. The summed E-state index contributed by atoms with van der Waals surface area (Å²) in [5.74, 6) is -1.59. The normalized spacial score (nSPS) is 24.9. The molecule has 0 spiro atoms. The molecule has 386 valence electrons. The molecule has 11 heteroatoms. The molecule has 0 amide bonds. The predicted molar refractivity (Wildman–Crippen MR) is 281 cm³/mol. The van der Waals surface area contributed by atoms with Crippen LogP contribution in [-0.2, 0) is 98.4 Å². The van der Waals surface area contributed by atoms with Crippen molar-refractivity contribution < 1.29 is 52.1 Å². The van der Waals surface area contributed by atoms with Crippen LogP contribution in [0.25, 0.3) is 0 Å². The summed E-state index contributed by atoms with van der Waals surface area (Å²) in [6.07, 6.45) is -7.25. The molecule has 0 aromatic heterocycles. The lowest BCUT2D eigenvalue weighted by Crippen LogP contribution is -2.70. The molecule has 2 fully saturated rings. The molecular formula is C63H68O11. The van der Waals surface area contributed by atoms with Crippen molar-refractivity contribution in [3.63, 3.8) is 0 Å². The topological polar surface area (TPSA) is 102 Å². The molecule has 74 heavy (non-hydrogen) atoms. The van der Waals surface area contributed by atoms with Gasteiger partial charge in [0.2, 0.25) is 0 Å². The quantitative estimate of drug-likeness (QED) is 0.0518. The van der Waals surface area contributed by atoms with Crippen molar-refractivity contribution in [1.82, 2.24) is 0 Å². The highest BCUT2D eigenvalue weighted by Gasteiger charge is 2.59. The minimum absolute atomic E-state index is 0.113. The minimum atomic E-state index is -1.59. The number of hydrogen-bond acceptors (Lipinski definition) is 11. The van der Waals surface area contributed by atoms with E-state index in [9.17, 15) is 0 Å². The van der Waals surface area contributed by atoms with Crippen LogP contribution < -0.4 is 0 Å². The van der Waals surface area contributed by atoms with Crippen molar-refractivity contribution in [3.05, 3.63) is 251 Å². The molecule has 9 rings (SSSR count). The van der Waals surface area contributed by atoms with Gasteiger partial charge in [-0.05, 0) is 45.9 Å². The van der Waals surface area contributed by atoms with Crippen molar-refractivity contribution in [2.75, 3.05) is 20.3 Å². The Morgan fingerprint density at radius 2 is 0.676 bits per heavy atom. The van der Waals surface area contributed by atoms with Crippen LogP contribution in [0.5, 0.6) is 0 Å². The van der Waals surface area contributed by atoms with Crippen LogP contribution in [0.3, 0.4) is 0 Å². The Balaban J connectivity index is 1.13. The van der Waals surface area contributed by atoms with E-state index in [2.05, 4.69) is 0 Å². The van der Waals surface area contributed by atoms with Crippen LogP contribution in [0.4, 0.5) is 0 Å². The Hall–Kier alpha value is -5.90. The lowest BCUT2D eigenvalue weighted by Gasteiger charge is -2.54. The molecule has 2 aliphatic rings. The summed E-state index contributed by atoms with van der Waals surface area (Å²) < 4.78 is 76.7. The van der Waals surface area contributed by atoms with Crippen molar-refractivity contribution in [2.45, 2.75) is 114 Å². The molecule has 0 bridgehead atoms. The highest BCUT2D eigenvalue weighted by atomic mass is 16.8. The maximum Gasteiger partial charge on any atom is 0.195 e. The predicted octanol–water partition coefficient (Wildman–Crippen LogP) is 11.2. The zero-order valence-electron chi connectivity index (χ0n) is 42.3. The Kier molecular flexibility index (Phi) is 19.7. The van der Waals surface area contributed by atoms with E-state index in [0.29, 0.717) is 13.2 Å². The van der Waals surface area contributed by atoms with E-state index in [4.69, 9.17) is 52.1 Å². The van der Waals surface area contributed by atoms with Crippen LogP contribution in [0.2, 0.25) is 0 Å². The average molecular weight is 1000 g/mol. The first-order valence-corrected chi connectivity index (χ1v) is 25.6. The van der Waals surface area contributed by atoms with E-state index in [0.717, 1.165) is 38.9 Å². The van der Waals surface area contributed by atoms with Gasteiger partial charge in [0, 0.05) is 7.11 Å². The third kappa shape index (κ3) is 14.9. The fraction of sp³-hybridized carbons (Fsp3) is 0.333. The third-order valence-corrected chi connectivity index (χ3v) is 13.3. The molecule has 7 aromatic rings. The largest absolute Gasteiger partial charge is 0.374 e. The van der Waals surface area contributed by atoms with Gasteiger partial charge in [0.15, 0.2) is 12.1 Å². The van der Waals surface area contributed by atoms with Gasteiger partial charge in [0.05, 0.1) is 59.5 Å². The Morgan fingerprint density at radius 3 is 1.07 bits per heavy atom. The summed E-state index contributed by atoms with van der Waals surface area (Å²) in [5.41, 5.74) is 6.92. The van der Waals surface area contributed by atoms with E-state index in [1.165, 1.54) is 0 Å². The molecule has 7 aromatic carbocycles. The van der Waals surface area contributed by atoms with Gasteiger partial charge in [-0.15, -0.1) is 0 Å². The molecular weight excluding hydrogens is 933 g/mol. The third-order valence-electron chi connectivity index (χ3n) is 13.3. The highest BCUT2D eigenvalue weighted by molar-refractivity contribution is 5.19. The lowest BCUT2D eigenvalue weighted by atomic mass is 9.91. The summed E-state index contributed by atoms with van der Waals surface area (Å²) in [4.78, 5) is 0. The van der Waals surface area contributed by atoms with E-state index in [1.54, 1.807) is 7.11 Å². The van der Waals surface area contributed by atoms with Gasteiger partial charge in [0.1, 0.15) is 48.8 Å². The van der Waals surface area contributed by atoms with Crippen molar-refractivity contribution >= 4 is 0 Å². The van der Waals surface area contributed by atoms with Crippen LogP contribution >= 0.6 is 0 Å². The minimum Gasteiger partial charge on any atom is -0.374 e. The number of rotatable bonds is 26. The van der Waals surface area contributed by atoms with Crippen molar-refractivity contribution in [2.24, 2.45) is 0 Å². The fourth-order valence-corrected chi connectivity index (χ4v) is 9.51. The van der Waals surface area contributed by atoms with Crippen LogP contribution in [0.1, 0.15) is 45.9 Å². The van der Waals surface area contributed by atoms with Gasteiger partial charge < -0.3 is 52.1 Å². The summed E-state index contributed by atoms with van der Waals surface area (Å²) in [6.45, 7) is 4.10. The summed E-state index contributed by atoms with van der Waals surface area (Å²) >= 11 is 0. The zero-order valence-corrected chi connectivity index (χ0v) is 42.3. The van der Waals surface area contributed by atoms with Gasteiger partial charge in [-0.3, -0.25) is 0 Å². The highest BCUT2D eigenvalue weighted by Crippen LogP contribution is 2.42. The first kappa shape index (κ1) is 52.9. The molecule has 0 N–H and O–H groups in total. The zero-order chi connectivity index (χ0) is 50.6. The maximum atomic E-state index is 7.70. The standard InChI is InChI=1S/C63H68O11/c1-63(74-57-54(45-65-38-47-24-10-3-11-25-47)72-62(64-2)60(70-43-52-34-20-8-21-35-52)58(57)68-41-50-30-16-6-17-31-50)61(71-44-53-36-22-9-23-37-53)59(69-42-51-32-18-7-19-33-51)56(67-40-49-28-14-5-15-29-49)55(73-63)46-66-39-48-26-12-4-13-27-48/h3-37,54-62H,38-46H2,1-2H3/t54-,55-,56-,57-,58+,59+,60-,61-,62+,63-/m1/s1.